The second-order valence-corrected chi connectivity index (χ2v) is 6.03. The molecule has 9 heteroatoms. The fourth-order valence-corrected chi connectivity index (χ4v) is 3.01. The van der Waals surface area contributed by atoms with Gasteiger partial charge in [-0.1, -0.05) is 30.3 Å². The lowest BCUT2D eigenvalue weighted by molar-refractivity contribution is 0.0695. The highest BCUT2D eigenvalue weighted by Crippen LogP contribution is 2.32. The van der Waals surface area contributed by atoms with E-state index in [1.165, 1.54) is 31.4 Å². The molecule has 0 atom stereocenters. The van der Waals surface area contributed by atoms with E-state index in [0.29, 0.717) is 11.1 Å². The summed E-state index contributed by atoms with van der Waals surface area (Å²) in [4.78, 5) is 37.3. The van der Waals surface area contributed by atoms with Crippen LogP contribution in [0.4, 0.5) is 10.2 Å². The molecule has 2 aromatic carbocycles. The highest BCUT2D eigenvalue weighted by atomic mass is 19.1. The Balaban J connectivity index is 2.18. The van der Waals surface area contributed by atoms with Crippen molar-refractivity contribution in [3.8, 4) is 28.0 Å². The molecule has 8 nitrogen and oxygen atoms in total. The first-order valence-electron chi connectivity index (χ1n) is 8.21. The molecule has 0 aliphatic carbocycles. The van der Waals surface area contributed by atoms with Crippen molar-refractivity contribution >= 4 is 17.8 Å². The number of hydrogen-bond acceptors (Lipinski definition) is 5. The summed E-state index contributed by atoms with van der Waals surface area (Å²) in [5, 5.41) is 18.9. The van der Waals surface area contributed by atoms with Gasteiger partial charge in [-0.2, -0.15) is 0 Å². The second kappa shape index (κ2) is 7.47. The first-order chi connectivity index (χ1) is 13.7. The van der Waals surface area contributed by atoms with Gasteiger partial charge in [0.1, 0.15) is 16.9 Å². The number of methoxy groups -OCH3 is 1. The van der Waals surface area contributed by atoms with E-state index in [0.717, 1.165) is 0 Å². The summed E-state index contributed by atoms with van der Waals surface area (Å²) in [5.41, 5.74) is 4.30. The maximum absolute atomic E-state index is 13.9. The molecule has 148 valence electrons. The minimum Gasteiger partial charge on any atom is -0.494 e. The van der Waals surface area contributed by atoms with Crippen LogP contribution in [0.2, 0.25) is 0 Å². The molecule has 0 bridgehead atoms. The average molecular weight is 398 g/mol. The lowest BCUT2D eigenvalue weighted by atomic mass is 9.94. The number of benzene rings is 2. The number of pyridine rings is 1. The molecule has 0 aliphatic rings. The molecule has 0 unspecified atom stereocenters. The fourth-order valence-electron chi connectivity index (χ4n) is 3.01. The molecule has 0 fully saturated rings. The van der Waals surface area contributed by atoms with Gasteiger partial charge in [0.2, 0.25) is 0 Å². The zero-order chi connectivity index (χ0) is 21.3. The van der Waals surface area contributed by atoms with Crippen LogP contribution in [0.5, 0.6) is 5.75 Å². The summed E-state index contributed by atoms with van der Waals surface area (Å²) < 4.78 is 18.8. The molecule has 29 heavy (non-hydrogen) atoms. The van der Waals surface area contributed by atoms with Gasteiger partial charge < -0.3 is 25.7 Å². The number of nitrogen functional groups attached to an aromatic ring is 1. The Labute approximate surface area is 163 Å². The number of carboxylic acid groups (broad SMARTS) is 2. The van der Waals surface area contributed by atoms with Gasteiger partial charge in [0.25, 0.3) is 5.56 Å². The predicted octanol–water partition coefficient (Wildman–Crippen LogP) is 2.84. The molecule has 5 N–H and O–H groups in total. The predicted molar refractivity (Wildman–Crippen MR) is 103 cm³/mol. The number of hydrogen-bond donors (Lipinski definition) is 4. The van der Waals surface area contributed by atoms with Crippen molar-refractivity contribution in [1.82, 2.24) is 4.98 Å². The van der Waals surface area contributed by atoms with Crippen molar-refractivity contribution in [2.45, 2.75) is 0 Å². The third-order valence-electron chi connectivity index (χ3n) is 4.33. The average Bonchev–Trinajstić information content (AvgIpc) is 2.66. The van der Waals surface area contributed by atoms with Crippen molar-refractivity contribution in [2.24, 2.45) is 0 Å². The molecule has 1 aromatic heterocycles. The zero-order valence-electron chi connectivity index (χ0n) is 15.0. The van der Waals surface area contributed by atoms with Gasteiger partial charge in [0, 0.05) is 5.56 Å². The van der Waals surface area contributed by atoms with Crippen LogP contribution < -0.4 is 16.0 Å². The number of aromatic carboxylic acids is 2. The summed E-state index contributed by atoms with van der Waals surface area (Å²) >= 11 is 0. The smallest absolute Gasteiger partial charge is 0.342 e. The number of anilines is 1. The molecular formula is C20H15FN2O6. The van der Waals surface area contributed by atoms with Gasteiger partial charge in [0.05, 0.1) is 7.11 Å². The third-order valence-corrected chi connectivity index (χ3v) is 4.33. The Kier molecular flexibility index (Phi) is 5.05. The van der Waals surface area contributed by atoms with Gasteiger partial charge in [0.15, 0.2) is 11.6 Å². The molecule has 0 saturated carbocycles. The Hall–Kier alpha value is -4.14. The number of carbonyl (C=O) groups is 2. The Morgan fingerprint density at radius 3 is 2.03 bits per heavy atom. The number of ether oxygens (including phenoxy) is 1. The molecule has 3 aromatic rings. The van der Waals surface area contributed by atoms with E-state index in [-0.39, 0.29) is 16.9 Å². The molecule has 0 saturated heterocycles. The van der Waals surface area contributed by atoms with E-state index in [1.807, 2.05) is 4.98 Å². The summed E-state index contributed by atoms with van der Waals surface area (Å²) in [6.07, 6.45) is 0. The lowest BCUT2D eigenvalue weighted by Gasteiger charge is -2.13. The zero-order valence-corrected chi connectivity index (χ0v) is 15.0. The van der Waals surface area contributed by atoms with Crippen molar-refractivity contribution < 1.29 is 28.9 Å². The van der Waals surface area contributed by atoms with Crippen LogP contribution in [-0.2, 0) is 0 Å². The quantitative estimate of drug-likeness (QED) is 0.517. The number of nitrogens with two attached hydrogens (primary N) is 1. The van der Waals surface area contributed by atoms with Crippen molar-refractivity contribution in [1.29, 1.82) is 0 Å². The first kappa shape index (κ1) is 19.6. The van der Waals surface area contributed by atoms with Crippen LogP contribution in [0.1, 0.15) is 20.7 Å². The number of nitrogens with one attached hydrogen (secondary N) is 1. The Morgan fingerprint density at radius 2 is 1.52 bits per heavy atom. The Morgan fingerprint density at radius 1 is 0.966 bits per heavy atom. The highest BCUT2D eigenvalue weighted by Gasteiger charge is 2.26. The van der Waals surface area contributed by atoms with E-state index in [4.69, 9.17) is 10.5 Å². The highest BCUT2D eigenvalue weighted by molar-refractivity contribution is 6.07. The number of carboxylic acids is 2. The van der Waals surface area contributed by atoms with Gasteiger partial charge in [-0.05, 0) is 28.8 Å². The maximum Gasteiger partial charge on any atom is 0.342 e. The SMILES string of the molecule is COc1ccc(-c2ccc(-c3c(C(=O)O)c(N)[nH]c(=O)c3C(=O)O)cc2)cc1F. The lowest BCUT2D eigenvalue weighted by Crippen LogP contribution is -2.24. The summed E-state index contributed by atoms with van der Waals surface area (Å²) in [6.45, 7) is 0. The largest absolute Gasteiger partial charge is 0.494 e. The fraction of sp³-hybridized carbons (Fsp3) is 0.0500. The minimum absolute atomic E-state index is 0.0848. The molecule has 0 radical (unpaired) electrons. The third kappa shape index (κ3) is 3.53. The molecule has 0 spiro atoms. The van der Waals surface area contributed by atoms with Crippen molar-refractivity contribution in [3.63, 3.8) is 0 Å². The van der Waals surface area contributed by atoms with Crippen molar-refractivity contribution in [3.05, 3.63) is 69.8 Å². The summed E-state index contributed by atoms with van der Waals surface area (Å²) in [7, 11) is 1.35. The van der Waals surface area contributed by atoms with E-state index in [1.54, 1.807) is 18.2 Å². The van der Waals surface area contributed by atoms with E-state index >= 15 is 0 Å². The van der Waals surface area contributed by atoms with Gasteiger partial charge in [-0.25, -0.2) is 14.0 Å². The monoisotopic (exact) mass is 398 g/mol. The molecule has 3 rings (SSSR count). The normalized spacial score (nSPS) is 10.6. The summed E-state index contributed by atoms with van der Waals surface area (Å²) in [6, 6.07) is 10.3. The number of rotatable bonds is 5. The standard InChI is InChI=1S/C20H15FN2O6/c1-29-13-7-6-11(8-12(13)21)9-2-4-10(5-3-9)14-15(19(25)26)17(22)23-18(24)16(14)20(27)28/h2-8H,1H3,(H,25,26)(H,27,28)(H3,22,23,24). The number of H-pyrrole nitrogens is 1. The topological polar surface area (TPSA) is 143 Å². The summed E-state index contributed by atoms with van der Waals surface area (Å²) in [5.74, 6) is -4.01. The van der Waals surface area contributed by atoms with Gasteiger partial charge >= 0.3 is 11.9 Å². The van der Waals surface area contributed by atoms with E-state index in [2.05, 4.69) is 0 Å². The number of aromatic nitrogens is 1. The minimum atomic E-state index is -1.59. The molecule has 0 aliphatic heterocycles. The molecular weight excluding hydrogens is 383 g/mol. The first-order valence-corrected chi connectivity index (χ1v) is 8.21. The maximum atomic E-state index is 13.9. The second-order valence-electron chi connectivity index (χ2n) is 6.03. The van der Waals surface area contributed by atoms with Gasteiger partial charge in [-0.3, -0.25) is 4.79 Å². The van der Waals surface area contributed by atoms with Crippen molar-refractivity contribution in [2.75, 3.05) is 12.8 Å². The van der Waals surface area contributed by atoms with Crippen LogP contribution in [0.3, 0.4) is 0 Å². The van der Waals surface area contributed by atoms with Crippen LogP contribution in [0, 0.1) is 5.82 Å². The Bertz CT molecular complexity index is 1180. The molecule has 1 heterocycles. The van der Waals surface area contributed by atoms with Crippen LogP contribution in [0.15, 0.2) is 47.3 Å². The number of aromatic amines is 1. The molecule has 0 amide bonds. The van der Waals surface area contributed by atoms with Crippen LogP contribution in [0.25, 0.3) is 22.3 Å². The van der Waals surface area contributed by atoms with Gasteiger partial charge in [-0.15, -0.1) is 0 Å². The van der Waals surface area contributed by atoms with E-state index < -0.39 is 40.3 Å². The number of halogens is 1. The van der Waals surface area contributed by atoms with Crippen LogP contribution >= 0.6 is 0 Å². The van der Waals surface area contributed by atoms with Crippen LogP contribution in [-0.4, -0.2) is 34.2 Å². The van der Waals surface area contributed by atoms with E-state index in [9.17, 15) is 29.0 Å².